The van der Waals surface area contributed by atoms with Crippen molar-refractivity contribution >= 4 is 43.5 Å². The van der Waals surface area contributed by atoms with Crippen LogP contribution in [-0.2, 0) is 17.8 Å². The lowest BCUT2D eigenvalue weighted by Crippen LogP contribution is -2.28. The van der Waals surface area contributed by atoms with E-state index >= 15 is 0 Å². The highest BCUT2D eigenvalue weighted by Crippen LogP contribution is 2.27. The number of benzene rings is 2. The first-order valence-electron chi connectivity index (χ1n) is 8.69. The minimum Gasteiger partial charge on any atom is -0.300 e. The number of hydrogen-bond donors (Lipinski definition) is 1. The highest BCUT2D eigenvalue weighted by Gasteiger charge is 2.12. The summed E-state index contributed by atoms with van der Waals surface area (Å²) in [4.78, 5) is 33.8. The normalized spacial score (nSPS) is 11.2. The largest absolute Gasteiger partial charge is 0.300 e. The van der Waals surface area contributed by atoms with Gasteiger partial charge in [-0.2, -0.15) is 0 Å². The summed E-state index contributed by atoms with van der Waals surface area (Å²) in [5, 5.41) is 3.83. The molecule has 2 aromatic heterocycles. The first-order valence-corrected chi connectivity index (χ1v) is 9.51. The fourth-order valence-electron chi connectivity index (χ4n) is 3.01. The van der Waals surface area contributed by atoms with Crippen LogP contribution in [0, 0.1) is 6.92 Å². The molecule has 0 unspecified atom stereocenters. The zero-order chi connectivity index (χ0) is 19.0. The van der Waals surface area contributed by atoms with Crippen LogP contribution >= 0.6 is 11.3 Å². The average molecular weight is 378 g/mol. The molecule has 6 nitrogen and oxygen atoms in total. The van der Waals surface area contributed by atoms with E-state index in [0.717, 1.165) is 22.2 Å². The van der Waals surface area contributed by atoms with E-state index in [1.807, 2.05) is 31.2 Å². The van der Waals surface area contributed by atoms with Gasteiger partial charge in [-0.05, 0) is 42.7 Å². The van der Waals surface area contributed by atoms with Gasteiger partial charge in [-0.1, -0.05) is 36.5 Å². The van der Waals surface area contributed by atoms with E-state index in [-0.39, 0.29) is 18.0 Å². The molecule has 0 aliphatic carbocycles. The van der Waals surface area contributed by atoms with Crippen molar-refractivity contribution in [3.8, 4) is 0 Å². The number of carbonyl (C=O) groups is 1. The Kier molecular flexibility index (Phi) is 4.45. The van der Waals surface area contributed by atoms with E-state index in [4.69, 9.17) is 0 Å². The van der Waals surface area contributed by atoms with Crippen LogP contribution in [0.5, 0.6) is 0 Å². The van der Waals surface area contributed by atoms with Crippen LogP contribution in [0.3, 0.4) is 0 Å². The van der Waals surface area contributed by atoms with E-state index in [0.29, 0.717) is 16.0 Å². The molecule has 4 rings (SSSR count). The number of rotatable bonds is 4. The summed E-state index contributed by atoms with van der Waals surface area (Å²) < 4.78 is 2.35. The van der Waals surface area contributed by atoms with Crippen molar-refractivity contribution in [3.05, 3.63) is 64.2 Å². The number of nitrogens with one attached hydrogen (secondary N) is 1. The topological polar surface area (TPSA) is 76.9 Å². The lowest BCUT2D eigenvalue weighted by Gasteiger charge is -2.07. The van der Waals surface area contributed by atoms with Gasteiger partial charge in [-0.3, -0.25) is 14.2 Å². The van der Waals surface area contributed by atoms with Gasteiger partial charge in [-0.25, -0.2) is 9.97 Å². The Labute approximate surface area is 159 Å². The number of fused-ring (bicyclic) bond motifs is 2. The summed E-state index contributed by atoms with van der Waals surface area (Å²) in [5.74, 6) is -0.305. The summed E-state index contributed by atoms with van der Waals surface area (Å²) in [6.07, 6.45) is 2.37. The molecule has 0 fully saturated rings. The minimum atomic E-state index is -0.305. The lowest BCUT2D eigenvalue weighted by atomic mass is 10.1. The molecule has 1 amide bonds. The molecule has 0 atom stereocenters. The maximum Gasteiger partial charge on any atom is 0.261 e. The fourth-order valence-corrected chi connectivity index (χ4v) is 3.95. The van der Waals surface area contributed by atoms with Crippen LogP contribution in [0.4, 0.5) is 5.13 Å². The van der Waals surface area contributed by atoms with Crippen LogP contribution < -0.4 is 10.9 Å². The molecule has 0 bridgehead atoms. The number of aryl methyl sites for hydroxylation is 2. The number of hydrogen-bond acceptors (Lipinski definition) is 5. The van der Waals surface area contributed by atoms with E-state index < -0.39 is 0 Å². The predicted octanol–water partition coefficient (Wildman–Crippen LogP) is 3.52. The zero-order valence-electron chi connectivity index (χ0n) is 15.0. The van der Waals surface area contributed by atoms with Crippen molar-refractivity contribution in [1.29, 1.82) is 0 Å². The van der Waals surface area contributed by atoms with Gasteiger partial charge in [0.15, 0.2) is 5.13 Å². The molecule has 27 heavy (non-hydrogen) atoms. The third kappa shape index (κ3) is 3.33. The maximum absolute atomic E-state index is 12.6. The van der Waals surface area contributed by atoms with Crippen molar-refractivity contribution in [2.24, 2.45) is 0 Å². The molecule has 0 radical (unpaired) electrons. The van der Waals surface area contributed by atoms with Crippen molar-refractivity contribution in [3.63, 3.8) is 0 Å². The molecular formula is C20H18N4O2S. The first kappa shape index (κ1) is 17.4. The molecule has 0 aliphatic rings. The molecule has 0 saturated carbocycles. The molecule has 2 aromatic carbocycles. The number of anilines is 1. The van der Waals surface area contributed by atoms with Gasteiger partial charge in [0, 0.05) is 0 Å². The van der Waals surface area contributed by atoms with Gasteiger partial charge in [0.2, 0.25) is 5.91 Å². The van der Waals surface area contributed by atoms with Crippen molar-refractivity contribution in [2.45, 2.75) is 26.8 Å². The number of carbonyl (C=O) groups excluding carboxylic acids is 1. The zero-order valence-corrected chi connectivity index (χ0v) is 15.8. The van der Waals surface area contributed by atoms with Crippen LogP contribution in [0.2, 0.25) is 0 Å². The van der Waals surface area contributed by atoms with Gasteiger partial charge in [-0.15, -0.1) is 0 Å². The summed E-state index contributed by atoms with van der Waals surface area (Å²) >= 11 is 1.43. The number of amides is 1. The molecule has 0 spiro atoms. The summed E-state index contributed by atoms with van der Waals surface area (Å²) in [6.45, 7) is 3.90. The third-order valence-corrected chi connectivity index (χ3v) is 5.41. The van der Waals surface area contributed by atoms with E-state index in [1.54, 1.807) is 6.07 Å². The Hall–Kier alpha value is -3.06. The van der Waals surface area contributed by atoms with Crippen LogP contribution in [0.25, 0.3) is 21.1 Å². The highest BCUT2D eigenvalue weighted by molar-refractivity contribution is 7.22. The Balaban J connectivity index is 1.57. The number of aromatic nitrogens is 3. The molecule has 136 valence electrons. The molecule has 7 heteroatoms. The maximum atomic E-state index is 12.6. The Morgan fingerprint density at radius 2 is 2.11 bits per heavy atom. The summed E-state index contributed by atoms with van der Waals surface area (Å²) in [7, 11) is 0. The quantitative estimate of drug-likeness (QED) is 0.589. The standard InChI is InChI=1S/C20H18N4O2S/c1-3-13-7-8-15-16(9-13)27-20(22-15)23-17(25)10-24-11-21-18-12(2)5-4-6-14(18)19(24)26/h4-9,11H,3,10H2,1-2H3,(H,22,23,25). The third-order valence-electron chi connectivity index (χ3n) is 4.48. The van der Waals surface area contributed by atoms with E-state index in [9.17, 15) is 9.59 Å². The van der Waals surface area contributed by atoms with Crippen molar-refractivity contribution < 1.29 is 4.79 Å². The smallest absolute Gasteiger partial charge is 0.261 e. The van der Waals surface area contributed by atoms with Crippen molar-refractivity contribution in [1.82, 2.24) is 14.5 Å². The monoisotopic (exact) mass is 378 g/mol. The van der Waals surface area contributed by atoms with E-state index in [1.165, 1.54) is 27.8 Å². The van der Waals surface area contributed by atoms with Crippen molar-refractivity contribution in [2.75, 3.05) is 5.32 Å². The number of thiazole rings is 1. The molecule has 0 aliphatic heterocycles. The Morgan fingerprint density at radius 3 is 2.93 bits per heavy atom. The number of nitrogens with zero attached hydrogens (tertiary/aromatic N) is 3. The van der Waals surface area contributed by atoms with Gasteiger partial charge in [0.25, 0.3) is 5.56 Å². The van der Waals surface area contributed by atoms with Gasteiger partial charge >= 0.3 is 0 Å². The number of para-hydroxylation sites is 1. The molecule has 0 saturated heterocycles. The van der Waals surface area contributed by atoms with Gasteiger partial charge in [0.05, 0.1) is 27.4 Å². The summed E-state index contributed by atoms with van der Waals surface area (Å²) in [5.41, 5.74) is 3.45. The van der Waals surface area contributed by atoms with Crippen LogP contribution in [0.1, 0.15) is 18.1 Å². The SMILES string of the molecule is CCc1ccc2nc(NC(=O)Cn3cnc4c(C)cccc4c3=O)sc2c1. The second-order valence-corrected chi connectivity index (χ2v) is 7.40. The van der Waals surface area contributed by atoms with Gasteiger partial charge < -0.3 is 5.32 Å². The Bertz CT molecular complexity index is 1230. The molecule has 4 aromatic rings. The Morgan fingerprint density at radius 1 is 1.26 bits per heavy atom. The second kappa shape index (κ2) is 6.92. The highest BCUT2D eigenvalue weighted by atomic mass is 32.1. The second-order valence-electron chi connectivity index (χ2n) is 6.37. The van der Waals surface area contributed by atoms with Gasteiger partial charge in [0.1, 0.15) is 6.54 Å². The van der Waals surface area contributed by atoms with Crippen LogP contribution in [0.15, 0.2) is 47.5 Å². The lowest BCUT2D eigenvalue weighted by molar-refractivity contribution is -0.116. The summed E-state index contributed by atoms with van der Waals surface area (Å²) in [6, 6.07) is 11.5. The average Bonchev–Trinajstić information content (AvgIpc) is 3.05. The molecule has 2 heterocycles. The molecule has 1 N–H and O–H groups in total. The first-order chi connectivity index (χ1) is 13.0. The minimum absolute atomic E-state index is 0.105. The molecular weight excluding hydrogens is 360 g/mol. The van der Waals surface area contributed by atoms with E-state index in [2.05, 4.69) is 28.3 Å². The predicted molar refractivity (Wildman–Crippen MR) is 108 cm³/mol. The fraction of sp³-hybridized carbons (Fsp3) is 0.200. The van der Waals surface area contributed by atoms with Crippen LogP contribution in [-0.4, -0.2) is 20.4 Å².